The third-order valence-corrected chi connectivity index (χ3v) is 4.20. The standard InChI is InChI=1S/C21H21NO/c1-3-10-16-18(4-2)22-19-14-9-8-13-17(19)20(16)21(23)15-11-6-5-7-12-15/h4-14,20,22H,3H2,1-2H3/b16-10+,18-4+. The minimum absolute atomic E-state index is 0.151. The normalized spacial score (nSPS) is 20.2. The zero-order valence-corrected chi connectivity index (χ0v) is 13.5. The van der Waals surface area contributed by atoms with Gasteiger partial charge in [0, 0.05) is 16.9 Å². The number of anilines is 1. The van der Waals surface area contributed by atoms with E-state index in [0.29, 0.717) is 0 Å². The van der Waals surface area contributed by atoms with Crippen molar-refractivity contribution in [1.82, 2.24) is 0 Å². The Labute approximate surface area is 137 Å². The molecule has 2 nitrogen and oxygen atoms in total. The zero-order chi connectivity index (χ0) is 16.2. The average Bonchev–Trinajstić information content (AvgIpc) is 2.61. The molecule has 0 spiro atoms. The van der Waals surface area contributed by atoms with E-state index in [1.54, 1.807) is 0 Å². The number of hydrogen-bond acceptors (Lipinski definition) is 2. The van der Waals surface area contributed by atoms with Crippen LogP contribution in [-0.2, 0) is 0 Å². The van der Waals surface area contributed by atoms with Gasteiger partial charge in [-0.25, -0.2) is 0 Å². The lowest BCUT2D eigenvalue weighted by atomic mass is 9.79. The highest BCUT2D eigenvalue weighted by atomic mass is 16.1. The van der Waals surface area contributed by atoms with Gasteiger partial charge in [0.1, 0.15) is 0 Å². The lowest BCUT2D eigenvalue weighted by Crippen LogP contribution is -2.24. The third-order valence-electron chi connectivity index (χ3n) is 4.20. The van der Waals surface area contributed by atoms with E-state index in [9.17, 15) is 4.79 Å². The number of ketones is 1. The van der Waals surface area contributed by atoms with Gasteiger partial charge in [0.25, 0.3) is 0 Å². The van der Waals surface area contributed by atoms with Crippen molar-refractivity contribution in [2.75, 3.05) is 5.32 Å². The van der Waals surface area contributed by atoms with Crippen molar-refractivity contribution < 1.29 is 4.79 Å². The largest absolute Gasteiger partial charge is 0.355 e. The molecule has 2 aromatic rings. The van der Waals surface area contributed by atoms with Crippen LogP contribution in [0.25, 0.3) is 0 Å². The average molecular weight is 303 g/mol. The lowest BCUT2D eigenvalue weighted by molar-refractivity contribution is 0.0972. The second kappa shape index (κ2) is 6.66. The summed E-state index contributed by atoms with van der Waals surface area (Å²) in [7, 11) is 0. The molecule has 23 heavy (non-hydrogen) atoms. The molecule has 1 N–H and O–H groups in total. The molecule has 0 amide bonds. The number of benzene rings is 2. The van der Waals surface area contributed by atoms with Crippen molar-refractivity contribution in [3.63, 3.8) is 0 Å². The Bertz CT molecular complexity index is 771. The highest BCUT2D eigenvalue weighted by Gasteiger charge is 2.32. The molecule has 1 aliphatic heterocycles. The number of fused-ring (bicyclic) bond motifs is 1. The molecule has 1 unspecified atom stereocenters. The molecule has 2 heteroatoms. The number of carbonyl (C=O) groups is 1. The van der Waals surface area contributed by atoms with Crippen LogP contribution in [0.4, 0.5) is 5.69 Å². The molecule has 0 bridgehead atoms. The fraction of sp³-hybridized carbons (Fsp3) is 0.190. The van der Waals surface area contributed by atoms with Gasteiger partial charge in [-0.15, -0.1) is 0 Å². The van der Waals surface area contributed by atoms with Crippen LogP contribution in [0.2, 0.25) is 0 Å². The predicted octanol–water partition coefficient (Wildman–Crippen LogP) is 5.32. The highest BCUT2D eigenvalue weighted by molar-refractivity contribution is 6.05. The van der Waals surface area contributed by atoms with E-state index in [-0.39, 0.29) is 11.7 Å². The second-order valence-corrected chi connectivity index (χ2v) is 5.65. The smallest absolute Gasteiger partial charge is 0.174 e. The van der Waals surface area contributed by atoms with Crippen molar-refractivity contribution in [3.8, 4) is 0 Å². The summed E-state index contributed by atoms with van der Waals surface area (Å²) in [5.41, 5.74) is 4.92. The van der Waals surface area contributed by atoms with Gasteiger partial charge in [-0.2, -0.15) is 0 Å². The monoisotopic (exact) mass is 303 g/mol. The molecule has 0 radical (unpaired) electrons. The molecule has 0 saturated heterocycles. The number of carbonyl (C=O) groups excluding carboxylic acids is 1. The van der Waals surface area contributed by atoms with Crippen LogP contribution >= 0.6 is 0 Å². The summed E-state index contributed by atoms with van der Waals surface area (Å²) in [6, 6.07) is 17.6. The summed E-state index contributed by atoms with van der Waals surface area (Å²) in [5.74, 6) is -0.0976. The molecule has 1 atom stereocenters. The summed E-state index contributed by atoms with van der Waals surface area (Å²) in [6.45, 7) is 4.11. The molecular weight excluding hydrogens is 282 g/mol. The molecule has 0 aromatic heterocycles. The number of nitrogens with one attached hydrogen (secondary N) is 1. The van der Waals surface area contributed by atoms with E-state index in [1.165, 1.54) is 0 Å². The van der Waals surface area contributed by atoms with Crippen LogP contribution in [0.5, 0.6) is 0 Å². The van der Waals surface area contributed by atoms with E-state index in [1.807, 2.05) is 67.6 Å². The van der Waals surface area contributed by atoms with E-state index in [2.05, 4.69) is 18.3 Å². The quantitative estimate of drug-likeness (QED) is 0.778. The van der Waals surface area contributed by atoms with Crippen molar-refractivity contribution >= 4 is 11.5 Å². The van der Waals surface area contributed by atoms with Gasteiger partial charge in [-0.05, 0) is 30.5 Å². The summed E-state index contributed by atoms with van der Waals surface area (Å²) >= 11 is 0. The molecule has 3 rings (SSSR count). The third kappa shape index (κ3) is 2.85. The van der Waals surface area contributed by atoms with Crippen molar-refractivity contribution in [3.05, 3.63) is 89.1 Å². The van der Waals surface area contributed by atoms with Crippen molar-refractivity contribution in [2.45, 2.75) is 26.2 Å². The maximum atomic E-state index is 13.2. The fourth-order valence-electron chi connectivity index (χ4n) is 3.14. The molecule has 116 valence electrons. The van der Waals surface area contributed by atoms with Gasteiger partial charge in [0.2, 0.25) is 0 Å². The number of para-hydroxylation sites is 1. The summed E-state index contributed by atoms with van der Waals surface area (Å²) in [4.78, 5) is 13.2. The first kappa shape index (κ1) is 15.3. The van der Waals surface area contributed by atoms with Crippen LogP contribution in [0.3, 0.4) is 0 Å². The van der Waals surface area contributed by atoms with Crippen molar-refractivity contribution in [2.24, 2.45) is 0 Å². The van der Waals surface area contributed by atoms with Crippen LogP contribution in [-0.4, -0.2) is 5.78 Å². The molecule has 2 aromatic carbocycles. The Kier molecular flexibility index (Phi) is 4.42. The molecule has 1 aliphatic rings. The minimum atomic E-state index is -0.249. The van der Waals surface area contributed by atoms with E-state index < -0.39 is 0 Å². The summed E-state index contributed by atoms with van der Waals surface area (Å²) in [5, 5.41) is 3.46. The Hall–Kier alpha value is -2.61. The zero-order valence-electron chi connectivity index (χ0n) is 13.5. The summed E-state index contributed by atoms with van der Waals surface area (Å²) < 4.78 is 0. The van der Waals surface area contributed by atoms with Gasteiger partial charge in [-0.3, -0.25) is 4.79 Å². The molecular formula is C21H21NO. The Balaban J connectivity index is 2.17. The topological polar surface area (TPSA) is 29.1 Å². The molecule has 0 aliphatic carbocycles. The van der Waals surface area contributed by atoms with Gasteiger partial charge in [0.15, 0.2) is 5.78 Å². The Morgan fingerprint density at radius 3 is 2.48 bits per heavy atom. The molecule has 1 heterocycles. The first-order valence-corrected chi connectivity index (χ1v) is 8.08. The number of allylic oxidation sites excluding steroid dienone is 3. The van der Waals surface area contributed by atoms with Gasteiger partial charge >= 0.3 is 0 Å². The Morgan fingerprint density at radius 2 is 1.78 bits per heavy atom. The maximum absolute atomic E-state index is 13.2. The van der Waals surface area contributed by atoms with E-state index in [4.69, 9.17) is 0 Å². The van der Waals surface area contributed by atoms with Crippen LogP contribution < -0.4 is 5.32 Å². The first-order valence-electron chi connectivity index (χ1n) is 8.08. The maximum Gasteiger partial charge on any atom is 0.174 e. The number of rotatable bonds is 3. The predicted molar refractivity (Wildman–Crippen MR) is 95.7 cm³/mol. The van der Waals surface area contributed by atoms with Gasteiger partial charge in [0.05, 0.1) is 5.92 Å². The lowest BCUT2D eigenvalue weighted by Gasteiger charge is -2.31. The van der Waals surface area contributed by atoms with Crippen LogP contribution in [0.1, 0.15) is 42.1 Å². The molecule has 0 saturated carbocycles. The first-order chi connectivity index (χ1) is 11.3. The molecule has 0 fully saturated rings. The van der Waals surface area contributed by atoms with Gasteiger partial charge in [-0.1, -0.05) is 67.6 Å². The van der Waals surface area contributed by atoms with Crippen molar-refractivity contribution in [1.29, 1.82) is 0 Å². The summed E-state index contributed by atoms with van der Waals surface area (Å²) in [6.07, 6.45) is 5.10. The van der Waals surface area contributed by atoms with Crippen LogP contribution in [0, 0.1) is 0 Å². The van der Waals surface area contributed by atoms with Gasteiger partial charge < -0.3 is 5.32 Å². The minimum Gasteiger partial charge on any atom is -0.355 e. The van der Waals surface area contributed by atoms with E-state index >= 15 is 0 Å². The Morgan fingerprint density at radius 1 is 1.09 bits per heavy atom. The highest BCUT2D eigenvalue weighted by Crippen LogP contribution is 2.41. The SMILES string of the molecule is C/C=C1/Nc2ccccc2C(C(=O)c2ccccc2)/C1=C/CC. The van der Waals surface area contributed by atoms with Crippen LogP contribution in [0.15, 0.2) is 78.0 Å². The number of Topliss-reactive ketones (excluding diaryl/α,β-unsaturated/α-hetero) is 1. The van der Waals surface area contributed by atoms with E-state index in [0.717, 1.165) is 34.5 Å². The number of hydrogen-bond donors (Lipinski definition) is 1. The fourth-order valence-corrected chi connectivity index (χ4v) is 3.14. The second-order valence-electron chi connectivity index (χ2n) is 5.65.